The van der Waals surface area contributed by atoms with E-state index in [2.05, 4.69) is 45.0 Å². The first-order chi connectivity index (χ1) is 13.8. The minimum absolute atomic E-state index is 0.0991. The number of rotatable bonds is 7. The van der Waals surface area contributed by atoms with Gasteiger partial charge in [-0.25, -0.2) is 4.79 Å². The molecule has 1 saturated heterocycles. The molecule has 1 aromatic carbocycles. The van der Waals surface area contributed by atoms with Crippen LogP contribution in [0.3, 0.4) is 0 Å². The van der Waals surface area contributed by atoms with Gasteiger partial charge in [0.15, 0.2) is 5.96 Å². The molecule has 7 heteroatoms. The number of urea groups is 1. The molecular formula is C22H38N6O. The van der Waals surface area contributed by atoms with Crippen molar-refractivity contribution in [3.8, 4) is 0 Å². The van der Waals surface area contributed by atoms with Crippen molar-refractivity contribution in [3.05, 3.63) is 29.8 Å². The van der Waals surface area contributed by atoms with Crippen molar-refractivity contribution in [2.45, 2.75) is 65.1 Å². The molecule has 1 aliphatic heterocycles. The number of likely N-dealkylation sites (tertiary alicyclic amines) is 1. The Balaban J connectivity index is 1.79. The number of hydrogen-bond acceptors (Lipinski definition) is 3. The summed E-state index contributed by atoms with van der Waals surface area (Å²) < 4.78 is 0. The Hall–Kier alpha value is -2.28. The molecule has 0 spiro atoms. The lowest BCUT2D eigenvalue weighted by Gasteiger charge is -2.41. The average Bonchev–Trinajstić information content (AvgIpc) is 2.69. The highest BCUT2D eigenvalue weighted by Crippen LogP contribution is 2.19. The topological polar surface area (TPSA) is 80.8 Å². The summed E-state index contributed by atoms with van der Waals surface area (Å²) in [5.74, 6) is 0.800. The Kier molecular flexibility index (Phi) is 8.76. The molecule has 1 heterocycles. The van der Waals surface area contributed by atoms with Gasteiger partial charge in [0, 0.05) is 37.4 Å². The Morgan fingerprint density at radius 1 is 1.10 bits per heavy atom. The molecule has 0 aromatic heterocycles. The number of piperidine rings is 1. The van der Waals surface area contributed by atoms with Crippen molar-refractivity contribution >= 4 is 17.7 Å². The van der Waals surface area contributed by atoms with Crippen LogP contribution in [0.5, 0.6) is 0 Å². The molecule has 29 heavy (non-hydrogen) atoms. The van der Waals surface area contributed by atoms with Gasteiger partial charge in [-0.05, 0) is 71.3 Å². The van der Waals surface area contributed by atoms with Crippen LogP contribution >= 0.6 is 0 Å². The van der Waals surface area contributed by atoms with Crippen LogP contribution in [-0.2, 0) is 6.54 Å². The van der Waals surface area contributed by atoms with E-state index in [4.69, 9.17) is 0 Å². The van der Waals surface area contributed by atoms with Crippen molar-refractivity contribution in [2.75, 3.05) is 32.0 Å². The van der Waals surface area contributed by atoms with Crippen LogP contribution < -0.4 is 21.3 Å². The molecule has 2 rings (SSSR count). The lowest BCUT2D eigenvalue weighted by atomic mass is 9.98. The lowest BCUT2D eigenvalue weighted by Crippen LogP contribution is -2.54. The van der Waals surface area contributed by atoms with Crippen LogP contribution in [-0.4, -0.2) is 55.2 Å². The fourth-order valence-electron chi connectivity index (χ4n) is 3.45. The van der Waals surface area contributed by atoms with Crippen LogP contribution in [0.25, 0.3) is 0 Å². The molecular weight excluding hydrogens is 364 g/mol. The van der Waals surface area contributed by atoms with E-state index < -0.39 is 0 Å². The minimum Gasteiger partial charge on any atom is -0.355 e. The zero-order chi connectivity index (χ0) is 21.3. The molecule has 0 aliphatic carbocycles. The molecule has 162 valence electrons. The highest BCUT2D eigenvalue weighted by atomic mass is 16.2. The smallest absolute Gasteiger partial charge is 0.319 e. The molecule has 1 aromatic rings. The number of hydrogen-bond donors (Lipinski definition) is 4. The van der Waals surface area contributed by atoms with Crippen molar-refractivity contribution in [2.24, 2.45) is 4.99 Å². The first-order valence-electron chi connectivity index (χ1n) is 10.7. The van der Waals surface area contributed by atoms with Crippen LogP contribution in [0.15, 0.2) is 29.3 Å². The van der Waals surface area contributed by atoms with Gasteiger partial charge in [-0.15, -0.1) is 0 Å². The van der Waals surface area contributed by atoms with Gasteiger partial charge < -0.3 is 21.3 Å². The van der Waals surface area contributed by atoms with Gasteiger partial charge in [0.1, 0.15) is 0 Å². The fourth-order valence-corrected chi connectivity index (χ4v) is 3.45. The van der Waals surface area contributed by atoms with E-state index in [-0.39, 0.29) is 17.6 Å². The van der Waals surface area contributed by atoms with E-state index in [1.165, 1.54) is 32.4 Å². The molecule has 2 amide bonds. The molecule has 0 radical (unpaired) electrons. The number of amides is 2. The first-order valence-corrected chi connectivity index (χ1v) is 10.7. The van der Waals surface area contributed by atoms with Gasteiger partial charge in [0.05, 0.1) is 0 Å². The Labute approximate surface area is 175 Å². The Morgan fingerprint density at radius 2 is 1.76 bits per heavy atom. The number of nitrogens with zero attached hydrogens (tertiary/aromatic N) is 2. The quantitative estimate of drug-likeness (QED) is 0.417. The second kappa shape index (κ2) is 11.0. The largest absolute Gasteiger partial charge is 0.355 e. The third kappa shape index (κ3) is 7.93. The van der Waals surface area contributed by atoms with E-state index in [1.54, 1.807) is 7.05 Å². The third-order valence-electron chi connectivity index (χ3n) is 5.22. The monoisotopic (exact) mass is 402 g/mol. The summed E-state index contributed by atoms with van der Waals surface area (Å²) >= 11 is 0. The van der Waals surface area contributed by atoms with Gasteiger partial charge in [0.25, 0.3) is 0 Å². The van der Waals surface area contributed by atoms with Crippen LogP contribution in [0.2, 0.25) is 0 Å². The van der Waals surface area contributed by atoms with Crippen molar-refractivity contribution < 1.29 is 4.79 Å². The molecule has 4 N–H and O–H groups in total. The van der Waals surface area contributed by atoms with Crippen molar-refractivity contribution in [1.82, 2.24) is 20.9 Å². The molecule has 0 unspecified atom stereocenters. The number of aliphatic imine (C=N–C) groups is 1. The molecule has 1 fully saturated rings. The van der Waals surface area contributed by atoms with Gasteiger partial charge >= 0.3 is 6.03 Å². The first kappa shape index (κ1) is 23.0. The maximum Gasteiger partial charge on any atom is 0.319 e. The zero-order valence-corrected chi connectivity index (χ0v) is 18.6. The van der Waals surface area contributed by atoms with Crippen molar-refractivity contribution in [3.63, 3.8) is 0 Å². The number of anilines is 1. The number of guanidine groups is 1. The average molecular weight is 403 g/mol. The van der Waals surface area contributed by atoms with Crippen LogP contribution in [0.1, 0.15) is 52.5 Å². The summed E-state index contributed by atoms with van der Waals surface area (Å²) in [5.41, 5.74) is 2.00. The lowest BCUT2D eigenvalue weighted by molar-refractivity contribution is 0.0982. The van der Waals surface area contributed by atoms with Crippen LogP contribution in [0, 0.1) is 0 Å². The maximum absolute atomic E-state index is 11.8. The third-order valence-corrected chi connectivity index (χ3v) is 5.22. The SMILES string of the molecule is CN=C(NCc1ccc(NC(=O)NC(C)C)cc1)NCC(C)(C)N1CCCCC1. The summed E-state index contributed by atoms with van der Waals surface area (Å²) in [6.45, 7) is 12.3. The summed E-state index contributed by atoms with van der Waals surface area (Å²) in [6, 6.07) is 7.75. The molecule has 7 nitrogen and oxygen atoms in total. The molecule has 0 saturated carbocycles. The number of carbonyl (C=O) groups is 1. The molecule has 1 aliphatic rings. The minimum atomic E-state index is -0.188. The summed E-state index contributed by atoms with van der Waals surface area (Å²) in [4.78, 5) is 18.7. The fraction of sp³-hybridized carbons (Fsp3) is 0.636. The van der Waals surface area contributed by atoms with E-state index in [9.17, 15) is 4.79 Å². The van der Waals surface area contributed by atoms with E-state index in [0.717, 1.165) is 23.8 Å². The second-order valence-corrected chi connectivity index (χ2v) is 8.59. The Bertz CT molecular complexity index is 662. The van der Waals surface area contributed by atoms with Gasteiger partial charge in [-0.3, -0.25) is 9.89 Å². The van der Waals surface area contributed by atoms with Gasteiger partial charge in [-0.1, -0.05) is 18.6 Å². The maximum atomic E-state index is 11.8. The van der Waals surface area contributed by atoms with E-state index >= 15 is 0 Å². The van der Waals surface area contributed by atoms with Gasteiger partial charge in [-0.2, -0.15) is 0 Å². The number of benzene rings is 1. The second-order valence-electron chi connectivity index (χ2n) is 8.59. The van der Waals surface area contributed by atoms with E-state index in [0.29, 0.717) is 6.54 Å². The number of carbonyl (C=O) groups excluding carboxylic acids is 1. The predicted octanol–water partition coefficient (Wildman–Crippen LogP) is 3.15. The van der Waals surface area contributed by atoms with Crippen LogP contribution in [0.4, 0.5) is 10.5 Å². The summed E-state index contributed by atoms with van der Waals surface area (Å²) in [6.07, 6.45) is 3.93. The van der Waals surface area contributed by atoms with E-state index in [1.807, 2.05) is 38.1 Å². The highest BCUT2D eigenvalue weighted by Gasteiger charge is 2.27. The molecule has 0 bridgehead atoms. The normalized spacial score (nSPS) is 15.9. The molecule has 0 atom stereocenters. The Morgan fingerprint density at radius 3 is 2.34 bits per heavy atom. The standard InChI is InChI=1S/C22H38N6O/c1-17(2)26-21(29)27-19-11-9-18(10-12-19)15-24-20(23-5)25-16-22(3,4)28-13-7-6-8-14-28/h9-12,17H,6-8,13-16H2,1-5H3,(H2,23,24,25)(H2,26,27,29). The zero-order valence-electron chi connectivity index (χ0n) is 18.6. The number of nitrogens with one attached hydrogen (secondary N) is 4. The predicted molar refractivity (Wildman–Crippen MR) is 121 cm³/mol. The highest BCUT2D eigenvalue weighted by molar-refractivity contribution is 5.89. The van der Waals surface area contributed by atoms with Gasteiger partial charge in [0.2, 0.25) is 0 Å². The summed E-state index contributed by atoms with van der Waals surface area (Å²) in [5, 5.41) is 12.5. The van der Waals surface area contributed by atoms with Crippen molar-refractivity contribution in [1.29, 1.82) is 0 Å². The summed E-state index contributed by atoms with van der Waals surface area (Å²) in [7, 11) is 1.80.